The molecule has 0 N–H and O–H groups in total. The fourth-order valence-corrected chi connectivity index (χ4v) is 2.96. The number of methoxy groups -OCH3 is 1. The molecule has 0 saturated carbocycles. The fourth-order valence-electron chi connectivity index (χ4n) is 2.13. The van der Waals surface area contributed by atoms with Gasteiger partial charge in [-0.15, -0.1) is 0 Å². The highest BCUT2D eigenvalue weighted by atomic mass is 32.1. The van der Waals surface area contributed by atoms with Gasteiger partial charge in [0.05, 0.1) is 12.5 Å². The minimum absolute atomic E-state index is 0.140. The zero-order valence-corrected chi connectivity index (χ0v) is 12.1. The molecule has 0 bridgehead atoms. The summed E-state index contributed by atoms with van der Waals surface area (Å²) >= 11 is 1.41. The number of ether oxygens (including phenoxy) is 1. The third-order valence-electron chi connectivity index (χ3n) is 3.37. The summed E-state index contributed by atoms with van der Waals surface area (Å²) in [7, 11) is 1.44. The average molecular weight is 269 g/mol. The van der Waals surface area contributed by atoms with Crippen LogP contribution in [0.2, 0.25) is 0 Å². The van der Waals surface area contributed by atoms with Crippen LogP contribution in [0, 0.1) is 5.41 Å². The Hall–Kier alpha value is -1.17. The minimum Gasteiger partial charge on any atom is -0.469 e. The fraction of sp³-hybridized carbons (Fsp3) is 0.750. The van der Waals surface area contributed by atoms with Gasteiger partial charge in [0.15, 0.2) is 0 Å². The number of rotatable bonds is 3. The molecule has 1 aromatic rings. The first-order valence-electron chi connectivity index (χ1n) is 6.13. The summed E-state index contributed by atoms with van der Waals surface area (Å²) in [6.07, 6.45) is 0.802. The van der Waals surface area contributed by atoms with Crippen molar-refractivity contribution in [2.45, 2.75) is 33.1 Å². The summed E-state index contributed by atoms with van der Waals surface area (Å²) in [6, 6.07) is 0. The topological polar surface area (TPSA) is 55.3 Å². The Morgan fingerprint density at radius 1 is 1.56 bits per heavy atom. The summed E-state index contributed by atoms with van der Waals surface area (Å²) in [6.45, 7) is 7.59. The first kappa shape index (κ1) is 13.3. The van der Waals surface area contributed by atoms with Crippen molar-refractivity contribution in [2.24, 2.45) is 5.41 Å². The lowest BCUT2D eigenvalue weighted by atomic mass is 9.90. The SMILES string of the molecule is COC(=O)C1(C)CCN(c2nc(C(C)C)ns2)C1. The van der Waals surface area contributed by atoms with E-state index in [1.165, 1.54) is 18.6 Å². The second-order valence-electron chi connectivity index (χ2n) is 5.31. The van der Waals surface area contributed by atoms with E-state index in [9.17, 15) is 4.79 Å². The summed E-state index contributed by atoms with van der Waals surface area (Å²) in [4.78, 5) is 18.4. The van der Waals surface area contributed by atoms with E-state index in [4.69, 9.17) is 4.74 Å². The molecule has 0 aliphatic carbocycles. The van der Waals surface area contributed by atoms with Gasteiger partial charge in [0, 0.05) is 30.5 Å². The molecule has 1 aliphatic rings. The molecule has 2 rings (SSSR count). The van der Waals surface area contributed by atoms with Gasteiger partial charge in [-0.05, 0) is 13.3 Å². The quantitative estimate of drug-likeness (QED) is 0.786. The summed E-state index contributed by atoms with van der Waals surface area (Å²) < 4.78 is 9.21. The van der Waals surface area contributed by atoms with Crippen LogP contribution in [-0.2, 0) is 9.53 Å². The first-order chi connectivity index (χ1) is 8.46. The van der Waals surface area contributed by atoms with E-state index >= 15 is 0 Å². The van der Waals surface area contributed by atoms with Gasteiger partial charge >= 0.3 is 5.97 Å². The summed E-state index contributed by atoms with van der Waals surface area (Å²) in [5.41, 5.74) is -0.418. The molecule has 1 fully saturated rings. The van der Waals surface area contributed by atoms with Crippen molar-refractivity contribution in [3.05, 3.63) is 5.82 Å². The molecule has 0 amide bonds. The molecular formula is C12H19N3O2S. The summed E-state index contributed by atoms with van der Waals surface area (Å²) in [5, 5.41) is 0.909. The Balaban J connectivity index is 2.10. The molecule has 1 atom stereocenters. The lowest BCUT2D eigenvalue weighted by molar-refractivity contribution is -0.150. The number of hydrogen-bond donors (Lipinski definition) is 0. The maximum atomic E-state index is 11.7. The van der Waals surface area contributed by atoms with E-state index < -0.39 is 5.41 Å². The number of hydrogen-bond acceptors (Lipinski definition) is 6. The number of carbonyl (C=O) groups is 1. The monoisotopic (exact) mass is 269 g/mol. The molecule has 2 heterocycles. The van der Waals surface area contributed by atoms with E-state index in [-0.39, 0.29) is 5.97 Å². The molecule has 0 aromatic carbocycles. The second kappa shape index (κ2) is 4.84. The average Bonchev–Trinajstić information content (AvgIpc) is 2.95. The smallest absolute Gasteiger partial charge is 0.313 e. The Morgan fingerprint density at radius 2 is 2.28 bits per heavy atom. The van der Waals surface area contributed by atoms with Crippen LogP contribution in [0.1, 0.15) is 38.9 Å². The van der Waals surface area contributed by atoms with Crippen LogP contribution in [0.3, 0.4) is 0 Å². The number of nitrogens with zero attached hydrogens (tertiary/aromatic N) is 3. The summed E-state index contributed by atoms with van der Waals surface area (Å²) in [5.74, 6) is 1.07. The van der Waals surface area contributed by atoms with Crippen LogP contribution in [0.5, 0.6) is 0 Å². The van der Waals surface area contributed by atoms with Crippen LogP contribution >= 0.6 is 11.5 Å². The van der Waals surface area contributed by atoms with Gasteiger partial charge in [-0.3, -0.25) is 4.79 Å². The van der Waals surface area contributed by atoms with Crippen LogP contribution < -0.4 is 4.90 Å². The Bertz CT molecular complexity index is 446. The lowest BCUT2D eigenvalue weighted by Gasteiger charge is -2.21. The van der Waals surface area contributed by atoms with Gasteiger partial charge in [0.2, 0.25) is 5.13 Å². The van der Waals surface area contributed by atoms with E-state index in [0.29, 0.717) is 12.5 Å². The molecule has 1 aromatic heterocycles. The molecule has 1 aliphatic heterocycles. The highest BCUT2D eigenvalue weighted by molar-refractivity contribution is 7.09. The van der Waals surface area contributed by atoms with E-state index in [0.717, 1.165) is 23.9 Å². The van der Waals surface area contributed by atoms with Crippen molar-refractivity contribution in [1.82, 2.24) is 9.36 Å². The maximum absolute atomic E-state index is 11.7. The predicted octanol–water partition coefficient (Wildman–Crippen LogP) is 2.05. The Labute approximate surface area is 111 Å². The normalized spacial score (nSPS) is 23.7. The second-order valence-corrected chi connectivity index (χ2v) is 6.04. The van der Waals surface area contributed by atoms with Crippen LogP contribution in [-0.4, -0.2) is 35.5 Å². The van der Waals surface area contributed by atoms with Crippen molar-refractivity contribution < 1.29 is 9.53 Å². The molecule has 18 heavy (non-hydrogen) atoms. The zero-order chi connectivity index (χ0) is 13.3. The number of anilines is 1. The van der Waals surface area contributed by atoms with E-state index in [1.54, 1.807) is 0 Å². The largest absolute Gasteiger partial charge is 0.469 e. The van der Waals surface area contributed by atoms with Crippen LogP contribution in [0.4, 0.5) is 5.13 Å². The lowest BCUT2D eigenvalue weighted by Crippen LogP contribution is -2.32. The van der Waals surface area contributed by atoms with Crippen molar-refractivity contribution in [3.63, 3.8) is 0 Å². The number of carbonyl (C=O) groups excluding carboxylic acids is 1. The third-order valence-corrected chi connectivity index (χ3v) is 4.16. The van der Waals surface area contributed by atoms with Crippen molar-refractivity contribution in [1.29, 1.82) is 0 Å². The standard InChI is InChI=1S/C12H19N3O2S/c1-8(2)9-13-11(18-14-9)15-6-5-12(3,7-15)10(16)17-4/h8H,5-7H2,1-4H3. The molecular weight excluding hydrogens is 250 g/mol. The Kier molecular flexibility index (Phi) is 3.56. The van der Waals surface area contributed by atoms with Crippen LogP contribution in [0.25, 0.3) is 0 Å². The molecule has 1 saturated heterocycles. The van der Waals surface area contributed by atoms with Gasteiger partial charge in [-0.25, -0.2) is 4.98 Å². The Morgan fingerprint density at radius 3 is 2.83 bits per heavy atom. The molecule has 5 nitrogen and oxygen atoms in total. The maximum Gasteiger partial charge on any atom is 0.313 e. The van der Waals surface area contributed by atoms with Gasteiger partial charge in [-0.1, -0.05) is 13.8 Å². The van der Waals surface area contributed by atoms with Crippen molar-refractivity contribution in [3.8, 4) is 0 Å². The first-order valence-corrected chi connectivity index (χ1v) is 6.90. The highest BCUT2D eigenvalue weighted by Gasteiger charge is 2.42. The van der Waals surface area contributed by atoms with Crippen molar-refractivity contribution >= 4 is 22.6 Å². The highest BCUT2D eigenvalue weighted by Crippen LogP contribution is 2.35. The van der Waals surface area contributed by atoms with E-state index in [2.05, 4.69) is 28.1 Å². The van der Waals surface area contributed by atoms with E-state index in [1.807, 2.05) is 6.92 Å². The predicted molar refractivity (Wildman–Crippen MR) is 71.0 cm³/mol. The van der Waals surface area contributed by atoms with Crippen LogP contribution in [0.15, 0.2) is 0 Å². The molecule has 100 valence electrons. The molecule has 1 unspecified atom stereocenters. The number of esters is 1. The molecule has 0 radical (unpaired) electrons. The van der Waals surface area contributed by atoms with Crippen molar-refractivity contribution in [2.75, 3.05) is 25.1 Å². The minimum atomic E-state index is -0.418. The number of aromatic nitrogens is 2. The van der Waals surface area contributed by atoms with Gasteiger partial charge in [0.1, 0.15) is 5.82 Å². The third kappa shape index (κ3) is 2.34. The van der Waals surface area contributed by atoms with Gasteiger partial charge in [0.25, 0.3) is 0 Å². The molecule has 0 spiro atoms. The molecule has 6 heteroatoms. The van der Waals surface area contributed by atoms with Gasteiger partial charge < -0.3 is 9.64 Å². The zero-order valence-electron chi connectivity index (χ0n) is 11.3. The van der Waals surface area contributed by atoms with Gasteiger partial charge in [-0.2, -0.15) is 4.37 Å².